The van der Waals surface area contributed by atoms with Gasteiger partial charge in [-0.3, -0.25) is 14.5 Å². The third-order valence-corrected chi connectivity index (χ3v) is 5.66. The number of hydrogen-bond acceptors (Lipinski definition) is 5. The van der Waals surface area contributed by atoms with Crippen molar-refractivity contribution in [3.63, 3.8) is 0 Å². The van der Waals surface area contributed by atoms with Crippen molar-refractivity contribution in [1.29, 1.82) is 0 Å². The molecule has 0 saturated carbocycles. The zero-order valence-electron chi connectivity index (χ0n) is 18.0. The van der Waals surface area contributed by atoms with E-state index in [1.54, 1.807) is 24.3 Å². The maximum Gasteiger partial charge on any atom is 0.255 e. The van der Waals surface area contributed by atoms with E-state index in [1.807, 2.05) is 37.2 Å². The maximum absolute atomic E-state index is 12.9. The van der Waals surface area contributed by atoms with Gasteiger partial charge < -0.3 is 20.3 Å². The molecule has 0 atom stereocenters. The van der Waals surface area contributed by atoms with Crippen LogP contribution in [0.1, 0.15) is 27.1 Å². The SMILES string of the molecule is CN(C)c1ccc(NC(=O)c2ccc(Br)cc2)cc1C(=O)NCCCN1CCOCC1. The van der Waals surface area contributed by atoms with E-state index in [4.69, 9.17) is 4.74 Å². The summed E-state index contributed by atoms with van der Waals surface area (Å²) in [5, 5.41) is 5.89. The molecule has 7 nitrogen and oxygen atoms in total. The van der Waals surface area contributed by atoms with Crippen molar-refractivity contribution in [2.75, 3.05) is 63.7 Å². The van der Waals surface area contributed by atoms with E-state index < -0.39 is 0 Å². The Labute approximate surface area is 191 Å². The van der Waals surface area contributed by atoms with Gasteiger partial charge in [0.25, 0.3) is 11.8 Å². The van der Waals surface area contributed by atoms with Gasteiger partial charge in [0.15, 0.2) is 0 Å². The zero-order valence-corrected chi connectivity index (χ0v) is 19.6. The quantitative estimate of drug-likeness (QED) is 0.558. The number of nitrogens with zero attached hydrogens (tertiary/aromatic N) is 2. The molecule has 0 aliphatic carbocycles. The first-order valence-electron chi connectivity index (χ1n) is 10.4. The molecule has 0 spiro atoms. The molecule has 8 heteroatoms. The molecule has 31 heavy (non-hydrogen) atoms. The fourth-order valence-corrected chi connectivity index (χ4v) is 3.68. The van der Waals surface area contributed by atoms with Gasteiger partial charge in [0.1, 0.15) is 0 Å². The number of anilines is 2. The van der Waals surface area contributed by atoms with Crippen molar-refractivity contribution < 1.29 is 14.3 Å². The van der Waals surface area contributed by atoms with Gasteiger partial charge >= 0.3 is 0 Å². The number of rotatable bonds is 8. The average molecular weight is 489 g/mol. The summed E-state index contributed by atoms with van der Waals surface area (Å²) < 4.78 is 6.27. The molecule has 1 saturated heterocycles. The van der Waals surface area contributed by atoms with E-state index in [2.05, 4.69) is 31.5 Å². The fraction of sp³-hybridized carbons (Fsp3) is 0.391. The van der Waals surface area contributed by atoms with Crippen molar-refractivity contribution in [1.82, 2.24) is 10.2 Å². The molecule has 0 unspecified atom stereocenters. The number of hydrogen-bond donors (Lipinski definition) is 2. The average Bonchev–Trinajstić information content (AvgIpc) is 2.77. The first-order valence-corrected chi connectivity index (χ1v) is 11.2. The number of carbonyl (C=O) groups excluding carboxylic acids is 2. The second-order valence-electron chi connectivity index (χ2n) is 7.65. The van der Waals surface area contributed by atoms with Crippen molar-refractivity contribution in [3.05, 3.63) is 58.1 Å². The van der Waals surface area contributed by atoms with Crippen LogP contribution in [-0.2, 0) is 4.74 Å². The molecule has 2 aromatic carbocycles. The minimum absolute atomic E-state index is 0.148. The molecule has 0 bridgehead atoms. The molecule has 2 N–H and O–H groups in total. The van der Waals surface area contributed by atoms with Crippen LogP contribution in [0, 0.1) is 0 Å². The molecule has 0 aromatic heterocycles. The van der Waals surface area contributed by atoms with E-state index in [0.29, 0.717) is 23.4 Å². The van der Waals surface area contributed by atoms with Crippen molar-refractivity contribution >= 4 is 39.1 Å². The minimum atomic E-state index is -0.220. The molecule has 3 rings (SSSR count). The van der Waals surface area contributed by atoms with Crippen molar-refractivity contribution in [2.45, 2.75) is 6.42 Å². The first kappa shape index (κ1) is 23.2. The van der Waals surface area contributed by atoms with Gasteiger partial charge in [-0.05, 0) is 55.4 Å². The summed E-state index contributed by atoms with van der Waals surface area (Å²) in [6.07, 6.45) is 0.878. The van der Waals surface area contributed by atoms with Gasteiger partial charge in [-0.15, -0.1) is 0 Å². The van der Waals surface area contributed by atoms with E-state index in [-0.39, 0.29) is 11.8 Å². The van der Waals surface area contributed by atoms with Crippen LogP contribution in [0.25, 0.3) is 0 Å². The minimum Gasteiger partial charge on any atom is -0.379 e. The maximum atomic E-state index is 12.9. The number of halogens is 1. The number of ether oxygens (including phenoxy) is 1. The largest absolute Gasteiger partial charge is 0.379 e. The molecule has 2 amide bonds. The van der Waals surface area contributed by atoms with Crippen LogP contribution in [0.4, 0.5) is 11.4 Å². The molecule has 1 heterocycles. The first-order chi connectivity index (χ1) is 14.9. The second kappa shape index (κ2) is 11.3. The lowest BCUT2D eigenvalue weighted by atomic mass is 10.1. The predicted molar refractivity (Wildman–Crippen MR) is 127 cm³/mol. The van der Waals surface area contributed by atoms with Crippen LogP contribution >= 0.6 is 15.9 Å². The highest BCUT2D eigenvalue weighted by Gasteiger charge is 2.16. The van der Waals surface area contributed by atoms with Gasteiger partial charge in [-0.1, -0.05) is 15.9 Å². The van der Waals surface area contributed by atoms with Gasteiger partial charge in [0, 0.05) is 55.1 Å². The van der Waals surface area contributed by atoms with Crippen LogP contribution in [0.3, 0.4) is 0 Å². The Balaban J connectivity index is 1.62. The molecule has 166 valence electrons. The summed E-state index contributed by atoms with van der Waals surface area (Å²) in [7, 11) is 3.79. The molecule has 1 aliphatic heterocycles. The number of amides is 2. The molecule has 1 aliphatic rings. The number of nitrogens with one attached hydrogen (secondary N) is 2. The van der Waals surface area contributed by atoms with Crippen LogP contribution in [0.5, 0.6) is 0 Å². The Hall–Kier alpha value is -2.42. The summed E-state index contributed by atoms with van der Waals surface area (Å²) in [5.41, 5.74) is 2.46. The van der Waals surface area contributed by atoms with Crippen LogP contribution in [0.2, 0.25) is 0 Å². The van der Waals surface area contributed by atoms with Crippen LogP contribution in [-0.4, -0.2) is 70.2 Å². The Morgan fingerprint density at radius 2 is 1.77 bits per heavy atom. The highest BCUT2D eigenvalue weighted by atomic mass is 79.9. The second-order valence-corrected chi connectivity index (χ2v) is 8.57. The lowest BCUT2D eigenvalue weighted by molar-refractivity contribution is 0.0374. The third kappa shape index (κ3) is 6.78. The third-order valence-electron chi connectivity index (χ3n) is 5.13. The molecular formula is C23H29BrN4O3. The molecular weight excluding hydrogens is 460 g/mol. The Bertz CT molecular complexity index is 896. The topological polar surface area (TPSA) is 73.9 Å². The van der Waals surface area contributed by atoms with Gasteiger partial charge in [-0.25, -0.2) is 0 Å². The zero-order chi connectivity index (χ0) is 22.2. The van der Waals surface area contributed by atoms with Crippen molar-refractivity contribution in [3.8, 4) is 0 Å². The van der Waals surface area contributed by atoms with Crippen LogP contribution < -0.4 is 15.5 Å². The molecule has 2 aromatic rings. The van der Waals surface area contributed by atoms with Gasteiger partial charge in [0.05, 0.1) is 18.8 Å². The van der Waals surface area contributed by atoms with Crippen LogP contribution in [0.15, 0.2) is 46.9 Å². The van der Waals surface area contributed by atoms with Gasteiger partial charge in [0.2, 0.25) is 0 Å². The Morgan fingerprint density at radius 3 is 2.45 bits per heavy atom. The van der Waals surface area contributed by atoms with E-state index >= 15 is 0 Å². The van der Waals surface area contributed by atoms with E-state index in [9.17, 15) is 9.59 Å². The lowest BCUT2D eigenvalue weighted by Gasteiger charge is -2.26. The highest BCUT2D eigenvalue weighted by Crippen LogP contribution is 2.23. The lowest BCUT2D eigenvalue weighted by Crippen LogP contribution is -2.38. The molecule has 1 fully saturated rings. The standard InChI is InChI=1S/C23H29BrN4O3/c1-27(2)21-9-8-19(26-22(29)17-4-6-18(24)7-5-17)16-20(21)23(30)25-10-3-11-28-12-14-31-15-13-28/h4-9,16H,3,10-15H2,1-2H3,(H,25,30)(H,26,29). The number of carbonyl (C=O) groups is 2. The Morgan fingerprint density at radius 1 is 1.06 bits per heavy atom. The summed E-state index contributed by atoms with van der Waals surface area (Å²) >= 11 is 3.37. The number of benzene rings is 2. The highest BCUT2D eigenvalue weighted by molar-refractivity contribution is 9.10. The normalized spacial score (nSPS) is 14.2. The predicted octanol–water partition coefficient (Wildman–Crippen LogP) is 3.22. The summed E-state index contributed by atoms with van der Waals surface area (Å²) in [4.78, 5) is 29.7. The molecule has 0 radical (unpaired) electrons. The fourth-order valence-electron chi connectivity index (χ4n) is 3.41. The van der Waals surface area contributed by atoms with Crippen molar-refractivity contribution in [2.24, 2.45) is 0 Å². The number of morpholine rings is 1. The van der Waals surface area contributed by atoms with Gasteiger partial charge in [-0.2, -0.15) is 0 Å². The van der Waals surface area contributed by atoms with E-state index in [1.165, 1.54) is 0 Å². The summed E-state index contributed by atoms with van der Waals surface area (Å²) in [5.74, 6) is -0.368. The smallest absolute Gasteiger partial charge is 0.255 e. The summed E-state index contributed by atoms with van der Waals surface area (Å²) in [6.45, 7) is 4.97. The summed E-state index contributed by atoms with van der Waals surface area (Å²) in [6, 6.07) is 12.5. The van der Waals surface area contributed by atoms with E-state index in [0.717, 1.165) is 49.4 Å². The monoisotopic (exact) mass is 488 g/mol. The Kier molecular flexibility index (Phi) is 8.45.